The number of ether oxygens (including phenoxy) is 3. The van der Waals surface area contributed by atoms with Crippen molar-refractivity contribution in [2.24, 2.45) is 0 Å². The Kier molecular flexibility index (Phi) is 5.51. The summed E-state index contributed by atoms with van der Waals surface area (Å²) in [5.74, 6) is 1.10. The Morgan fingerprint density at radius 1 is 1.14 bits per heavy atom. The van der Waals surface area contributed by atoms with Gasteiger partial charge in [-0.2, -0.15) is 0 Å². The van der Waals surface area contributed by atoms with Crippen molar-refractivity contribution in [1.29, 1.82) is 0 Å². The minimum Gasteiger partial charge on any atom is -0.489 e. The van der Waals surface area contributed by atoms with E-state index in [0.717, 1.165) is 10.9 Å². The molecule has 5 heteroatoms. The lowest BCUT2D eigenvalue weighted by atomic mass is 10.1. The lowest BCUT2D eigenvalue weighted by Gasteiger charge is -2.16. The van der Waals surface area contributed by atoms with E-state index in [0.29, 0.717) is 29.9 Å². The standard InChI is InChI=1S/C16H22ClNO3/c1-10(2)14-6-11-5-13(17)16(7-15(11)18-14)21-9-12(20-4)8-19-3/h5-7,10,12,18H,8-9H2,1-4H3. The quantitative estimate of drug-likeness (QED) is 0.841. The average molecular weight is 312 g/mol. The van der Waals surface area contributed by atoms with E-state index in [1.54, 1.807) is 14.2 Å². The van der Waals surface area contributed by atoms with Gasteiger partial charge in [-0.15, -0.1) is 0 Å². The third kappa shape index (κ3) is 3.90. The van der Waals surface area contributed by atoms with Crippen molar-refractivity contribution in [3.05, 3.63) is 28.9 Å². The van der Waals surface area contributed by atoms with Crippen molar-refractivity contribution in [2.75, 3.05) is 27.4 Å². The van der Waals surface area contributed by atoms with E-state index in [-0.39, 0.29) is 6.10 Å². The first-order chi connectivity index (χ1) is 10.0. The van der Waals surface area contributed by atoms with E-state index in [9.17, 15) is 0 Å². The Bertz CT molecular complexity index is 594. The Morgan fingerprint density at radius 3 is 2.52 bits per heavy atom. The molecule has 2 rings (SSSR count). The van der Waals surface area contributed by atoms with Crippen LogP contribution in [-0.2, 0) is 9.47 Å². The van der Waals surface area contributed by atoms with Crippen LogP contribution in [0.2, 0.25) is 5.02 Å². The van der Waals surface area contributed by atoms with E-state index in [2.05, 4.69) is 24.9 Å². The molecular formula is C16H22ClNO3. The van der Waals surface area contributed by atoms with Gasteiger partial charge in [-0.1, -0.05) is 25.4 Å². The van der Waals surface area contributed by atoms with Crippen LogP contribution in [0.5, 0.6) is 5.75 Å². The minimum atomic E-state index is -0.114. The first-order valence-corrected chi connectivity index (χ1v) is 7.39. The number of fused-ring (bicyclic) bond motifs is 1. The molecule has 21 heavy (non-hydrogen) atoms. The molecule has 0 radical (unpaired) electrons. The van der Waals surface area contributed by atoms with Crippen molar-refractivity contribution >= 4 is 22.5 Å². The molecule has 1 atom stereocenters. The second kappa shape index (κ2) is 7.16. The molecule has 0 aliphatic rings. The molecule has 1 N–H and O–H groups in total. The number of nitrogens with one attached hydrogen (secondary N) is 1. The van der Waals surface area contributed by atoms with E-state index < -0.39 is 0 Å². The molecule has 1 heterocycles. The van der Waals surface area contributed by atoms with Crippen LogP contribution in [-0.4, -0.2) is 38.5 Å². The summed E-state index contributed by atoms with van der Waals surface area (Å²) in [7, 11) is 3.27. The Morgan fingerprint density at radius 2 is 1.90 bits per heavy atom. The highest BCUT2D eigenvalue weighted by atomic mass is 35.5. The molecule has 1 aromatic heterocycles. The van der Waals surface area contributed by atoms with E-state index in [4.69, 9.17) is 25.8 Å². The van der Waals surface area contributed by atoms with Gasteiger partial charge >= 0.3 is 0 Å². The first-order valence-electron chi connectivity index (χ1n) is 7.01. The van der Waals surface area contributed by atoms with Crippen molar-refractivity contribution in [3.63, 3.8) is 0 Å². The van der Waals surface area contributed by atoms with Crippen molar-refractivity contribution < 1.29 is 14.2 Å². The first kappa shape index (κ1) is 16.1. The van der Waals surface area contributed by atoms with E-state index in [1.807, 2.05) is 12.1 Å². The lowest BCUT2D eigenvalue weighted by molar-refractivity contribution is 0.000922. The third-order valence-electron chi connectivity index (χ3n) is 3.43. The molecule has 116 valence electrons. The summed E-state index contributed by atoms with van der Waals surface area (Å²) in [5, 5.41) is 1.69. The fourth-order valence-electron chi connectivity index (χ4n) is 2.13. The summed E-state index contributed by atoms with van der Waals surface area (Å²) < 4.78 is 16.1. The zero-order valence-electron chi connectivity index (χ0n) is 12.9. The van der Waals surface area contributed by atoms with Crippen LogP contribution in [0.1, 0.15) is 25.5 Å². The van der Waals surface area contributed by atoms with Gasteiger partial charge in [0, 0.05) is 36.9 Å². The molecule has 0 aliphatic carbocycles. The van der Waals surface area contributed by atoms with Gasteiger partial charge in [-0.05, 0) is 18.1 Å². The van der Waals surface area contributed by atoms with Crippen LogP contribution >= 0.6 is 11.6 Å². The fourth-order valence-corrected chi connectivity index (χ4v) is 2.36. The van der Waals surface area contributed by atoms with Gasteiger partial charge < -0.3 is 19.2 Å². The number of methoxy groups -OCH3 is 2. The molecule has 1 aromatic carbocycles. The molecule has 0 amide bonds. The second-order valence-corrected chi connectivity index (χ2v) is 5.78. The van der Waals surface area contributed by atoms with Gasteiger partial charge in [0.25, 0.3) is 0 Å². The summed E-state index contributed by atoms with van der Waals surface area (Å²) in [4.78, 5) is 3.39. The predicted molar refractivity (Wildman–Crippen MR) is 85.6 cm³/mol. The number of aromatic nitrogens is 1. The number of hydrogen-bond acceptors (Lipinski definition) is 3. The second-order valence-electron chi connectivity index (χ2n) is 5.37. The topological polar surface area (TPSA) is 43.5 Å². The van der Waals surface area contributed by atoms with Crippen LogP contribution in [0.15, 0.2) is 18.2 Å². The lowest BCUT2D eigenvalue weighted by Crippen LogP contribution is -2.25. The summed E-state index contributed by atoms with van der Waals surface area (Å²) >= 11 is 6.28. The molecule has 0 fully saturated rings. The largest absolute Gasteiger partial charge is 0.489 e. The van der Waals surface area contributed by atoms with Crippen LogP contribution in [0, 0.1) is 0 Å². The van der Waals surface area contributed by atoms with Gasteiger partial charge in [0.1, 0.15) is 18.5 Å². The molecule has 1 unspecified atom stereocenters. The van der Waals surface area contributed by atoms with Gasteiger partial charge in [0.2, 0.25) is 0 Å². The number of H-pyrrole nitrogens is 1. The Balaban J connectivity index is 2.17. The van der Waals surface area contributed by atoms with E-state index in [1.165, 1.54) is 5.69 Å². The Labute approximate surface area is 130 Å². The van der Waals surface area contributed by atoms with Gasteiger partial charge in [-0.3, -0.25) is 0 Å². The number of rotatable bonds is 7. The zero-order chi connectivity index (χ0) is 15.4. The summed E-state index contributed by atoms with van der Waals surface area (Å²) in [6.45, 7) is 5.18. The smallest absolute Gasteiger partial charge is 0.140 e. The number of benzene rings is 1. The van der Waals surface area contributed by atoms with Crippen LogP contribution < -0.4 is 4.74 Å². The maximum Gasteiger partial charge on any atom is 0.140 e. The molecule has 4 nitrogen and oxygen atoms in total. The average Bonchev–Trinajstić information content (AvgIpc) is 2.86. The number of halogens is 1. The van der Waals surface area contributed by atoms with Crippen molar-refractivity contribution in [1.82, 2.24) is 4.98 Å². The summed E-state index contributed by atoms with van der Waals surface area (Å²) in [5.41, 5.74) is 2.21. The summed E-state index contributed by atoms with van der Waals surface area (Å²) in [6, 6.07) is 5.98. The molecule has 0 bridgehead atoms. The van der Waals surface area contributed by atoms with Gasteiger partial charge in [0.15, 0.2) is 0 Å². The minimum absolute atomic E-state index is 0.114. The predicted octanol–water partition coefficient (Wildman–Crippen LogP) is 3.98. The van der Waals surface area contributed by atoms with E-state index >= 15 is 0 Å². The van der Waals surface area contributed by atoms with Crippen LogP contribution in [0.3, 0.4) is 0 Å². The normalized spacial score (nSPS) is 13.0. The Hall–Kier alpha value is -1.23. The maximum absolute atomic E-state index is 6.28. The number of aromatic amines is 1. The highest BCUT2D eigenvalue weighted by Crippen LogP contribution is 2.31. The third-order valence-corrected chi connectivity index (χ3v) is 3.72. The molecule has 2 aromatic rings. The molecule has 0 spiro atoms. The molecular weight excluding hydrogens is 290 g/mol. The van der Waals surface area contributed by atoms with Crippen LogP contribution in [0.25, 0.3) is 10.9 Å². The highest BCUT2D eigenvalue weighted by molar-refractivity contribution is 6.32. The maximum atomic E-state index is 6.28. The molecule has 0 aliphatic heterocycles. The molecule has 0 saturated heterocycles. The molecule has 0 saturated carbocycles. The zero-order valence-corrected chi connectivity index (χ0v) is 13.7. The number of hydrogen-bond donors (Lipinski definition) is 1. The van der Waals surface area contributed by atoms with Crippen molar-refractivity contribution in [3.8, 4) is 5.75 Å². The van der Waals surface area contributed by atoms with Gasteiger partial charge in [-0.25, -0.2) is 0 Å². The van der Waals surface area contributed by atoms with Gasteiger partial charge in [0.05, 0.1) is 11.6 Å². The van der Waals surface area contributed by atoms with Crippen molar-refractivity contribution in [2.45, 2.75) is 25.9 Å². The van der Waals surface area contributed by atoms with Crippen LogP contribution in [0.4, 0.5) is 0 Å². The SMILES string of the molecule is COCC(COc1cc2[nH]c(C(C)C)cc2cc1Cl)OC. The monoisotopic (exact) mass is 311 g/mol. The summed E-state index contributed by atoms with van der Waals surface area (Å²) in [6.07, 6.45) is -0.114. The fraction of sp³-hybridized carbons (Fsp3) is 0.500. The highest BCUT2D eigenvalue weighted by Gasteiger charge is 2.12.